The Kier molecular flexibility index (Phi) is 8.10. The molecule has 1 aromatic heterocycles. The van der Waals surface area contributed by atoms with Gasteiger partial charge in [0.05, 0.1) is 4.47 Å². The second-order valence-corrected chi connectivity index (χ2v) is 10.4. The Morgan fingerprint density at radius 2 is 1.80 bits per heavy atom. The molecule has 0 aliphatic rings. The van der Waals surface area contributed by atoms with Crippen LogP contribution in [-0.2, 0) is 6.61 Å². The highest BCUT2D eigenvalue weighted by molar-refractivity contribution is 9.10. The van der Waals surface area contributed by atoms with Crippen molar-refractivity contribution in [3.05, 3.63) is 109 Å². The minimum atomic E-state index is -0.484. The predicted molar refractivity (Wildman–Crippen MR) is 141 cm³/mol. The third-order valence-corrected chi connectivity index (χ3v) is 7.34. The molecule has 0 N–H and O–H groups in total. The number of halogens is 2. The molecule has 0 saturated heterocycles. The number of hydrogen-bond donors (Lipinski definition) is 0. The van der Waals surface area contributed by atoms with Crippen LogP contribution in [0.1, 0.15) is 27.8 Å². The molecule has 4 aromatic rings. The average molecular weight is 574 g/mol. The van der Waals surface area contributed by atoms with Crippen LogP contribution in [0.25, 0.3) is 5.69 Å². The van der Waals surface area contributed by atoms with Gasteiger partial charge in [0, 0.05) is 15.6 Å². The third kappa shape index (κ3) is 6.42. The average Bonchev–Trinajstić information content (AvgIpc) is 3.19. The second kappa shape index (κ2) is 11.2. The first kappa shape index (κ1) is 25.2. The van der Waals surface area contributed by atoms with Gasteiger partial charge >= 0.3 is 0 Å². The molecule has 0 aliphatic heterocycles. The molecule has 0 unspecified atom stereocenters. The topological polar surface area (TPSA) is 83.1 Å². The Morgan fingerprint density at radius 1 is 1.09 bits per heavy atom. The van der Waals surface area contributed by atoms with E-state index in [1.54, 1.807) is 12.1 Å². The Bertz CT molecular complexity index is 1330. The number of aromatic nitrogens is 3. The van der Waals surface area contributed by atoms with Crippen molar-refractivity contribution in [3.8, 4) is 11.4 Å². The summed E-state index contributed by atoms with van der Waals surface area (Å²) < 4.78 is 8.55. The summed E-state index contributed by atoms with van der Waals surface area (Å²) in [6, 6.07) is 21.0. The molecule has 0 saturated carbocycles. The first-order chi connectivity index (χ1) is 16.8. The van der Waals surface area contributed by atoms with E-state index in [-0.39, 0.29) is 11.5 Å². The molecule has 35 heavy (non-hydrogen) atoms. The van der Waals surface area contributed by atoms with Crippen molar-refractivity contribution in [3.63, 3.8) is 0 Å². The standard InChI is InChI=1S/C25H22BrClN4O3S/c1-16-3-5-18(6-4-16)15-34-23-12-7-19(13-22(23)26)24(14-30(32)33)35-25-29-28-17(2)31(25)21-10-8-20(27)9-11-21/h3-13,24H,14-15H2,1-2H3/t24-/m1/s1. The number of ether oxygens (including phenoxy) is 1. The summed E-state index contributed by atoms with van der Waals surface area (Å²) in [6.45, 7) is 4.03. The van der Waals surface area contributed by atoms with Gasteiger partial charge < -0.3 is 4.74 Å². The molecule has 7 nitrogen and oxygen atoms in total. The van der Waals surface area contributed by atoms with Crippen LogP contribution in [0.15, 0.2) is 76.4 Å². The lowest BCUT2D eigenvalue weighted by Gasteiger charge is -2.16. The van der Waals surface area contributed by atoms with Gasteiger partial charge in [0.1, 0.15) is 23.4 Å². The van der Waals surface area contributed by atoms with Gasteiger partial charge in [0.15, 0.2) is 5.16 Å². The zero-order valence-corrected chi connectivity index (χ0v) is 22.2. The number of hydrogen-bond acceptors (Lipinski definition) is 6. The Balaban J connectivity index is 1.56. The predicted octanol–water partition coefficient (Wildman–Crippen LogP) is 6.99. The molecule has 10 heteroatoms. The molecule has 1 atom stereocenters. The molecule has 0 fully saturated rings. The molecule has 4 rings (SSSR count). The summed E-state index contributed by atoms with van der Waals surface area (Å²) in [5, 5.41) is 20.7. The normalized spacial score (nSPS) is 11.9. The van der Waals surface area contributed by atoms with Crippen LogP contribution in [-0.4, -0.2) is 26.2 Å². The Hall–Kier alpha value is -2.88. The zero-order valence-electron chi connectivity index (χ0n) is 19.0. The summed E-state index contributed by atoms with van der Waals surface area (Å²) in [6.07, 6.45) is 0. The molecule has 0 aliphatic carbocycles. The number of nitrogens with zero attached hydrogens (tertiary/aromatic N) is 4. The van der Waals surface area contributed by atoms with E-state index in [4.69, 9.17) is 16.3 Å². The van der Waals surface area contributed by atoms with Gasteiger partial charge in [-0.2, -0.15) is 0 Å². The van der Waals surface area contributed by atoms with Gasteiger partial charge in [0.25, 0.3) is 0 Å². The van der Waals surface area contributed by atoms with Crippen molar-refractivity contribution in [1.82, 2.24) is 14.8 Å². The fourth-order valence-corrected chi connectivity index (χ4v) is 5.26. The highest BCUT2D eigenvalue weighted by Gasteiger charge is 2.24. The van der Waals surface area contributed by atoms with Crippen LogP contribution in [0.3, 0.4) is 0 Å². The zero-order chi connectivity index (χ0) is 24.9. The first-order valence-electron chi connectivity index (χ1n) is 10.7. The smallest absolute Gasteiger partial charge is 0.220 e. The van der Waals surface area contributed by atoms with Gasteiger partial charge in [-0.05, 0) is 77.3 Å². The number of benzene rings is 3. The second-order valence-electron chi connectivity index (χ2n) is 7.93. The van der Waals surface area contributed by atoms with Gasteiger partial charge in [0.2, 0.25) is 6.54 Å². The van der Waals surface area contributed by atoms with Crippen molar-refractivity contribution in [2.24, 2.45) is 0 Å². The molecular formula is C25H22BrClN4O3S. The van der Waals surface area contributed by atoms with Crippen LogP contribution in [0.2, 0.25) is 5.02 Å². The molecule has 0 bridgehead atoms. The number of aryl methyl sites for hydroxylation is 2. The van der Waals surface area contributed by atoms with Crippen molar-refractivity contribution in [2.75, 3.05) is 6.54 Å². The van der Waals surface area contributed by atoms with Crippen LogP contribution in [0, 0.1) is 24.0 Å². The van der Waals surface area contributed by atoms with E-state index in [2.05, 4.69) is 26.1 Å². The maximum atomic E-state index is 11.5. The van der Waals surface area contributed by atoms with Crippen LogP contribution in [0.4, 0.5) is 0 Å². The van der Waals surface area contributed by atoms with Crippen LogP contribution >= 0.6 is 39.3 Å². The highest BCUT2D eigenvalue weighted by Crippen LogP contribution is 2.39. The van der Waals surface area contributed by atoms with E-state index in [0.717, 1.165) is 21.3 Å². The summed E-state index contributed by atoms with van der Waals surface area (Å²) in [4.78, 5) is 11.2. The highest BCUT2D eigenvalue weighted by atomic mass is 79.9. The molecule has 1 heterocycles. The molecular weight excluding hydrogens is 552 g/mol. The maximum absolute atomic E-state index is 11.5. The largest absolute Gasteiger partial charge is 0.488 e. The summed E-state index contributed by atoms with van der Waals surface area (Å²) >= 11 is 10.9. The molecule has 0 radical (unpaired) electrons. The lowest BCUT2D eigenvalue weighted by atomic mass is 10.1. The van der Waals surface area contributed by atoms with Crippen molar-refractivity contribution in [2.45, 2.75) is 30.9 Å². The quantitative estimate of drug-likeness (QED) is 0.122. The summed E-state index contributed by atoms with van der Waals surface area (Å²) in [5.74, 6) is 1.34. The van der Waals surface area contributed by atoms with E-state index in [1.165, 1.54) is 17.3 Å². The molecule has 180 valence electrons. The maximum Gasteiger partial charge on any atom is 0.220 e. The fourth-order valence-electron chi connectivity index (χ4n) is 3.46. The van der Waals surface area contributed by atoms with Crippen molar-refractivity contribution in [1.29, 1.82) is 0 Å². The number of thioether (sulfide) groups is 1. The number of rotatable bonds is 9. The minimum absolute atomic E-state index is 0.271. The Morgan fingerprint density at radius 3 is 2.46 bits per heavy atom. The fraction of sp³-hybridized carbons (Fsp3) is 0.200. The Labute approximate surface area is 220 Å². The van der Waals surface area contributed by atoms with E-state index in [1.807, 2.05) is 73.0 Å². The van der Waals surface area contributed by atoms with Crippen LogP contribution < -0.4 is 4.74 Å². The molecule has 0 amide bonds. The lowest BCUT2D eigenvalue weighted by Crippen LogP contribution is -2.11. The van der Waals surface area contributed by atoms with E-state index in [9.17, 15) is 10.1 Å². The van der Waals surface area contributed by atoms with E-state index in [0.29, 0.717) is 28.4 Å². The van der Waals surface area contributed by atoms with Crippen molar-refractivity contribution < 1.29 is 9.66 Å². The van der Waals surface area contributed by atoms with Crippen LogP contribution in [0.5, 0.6) is 5.75 Å². The third-order valence-electron chi connectivity index (χ3n) is 5.29. The summed E-state index contributed by atoms with van der Waals surface area (Å²) in [5.41, 5.74) is 3.87. The lowest BCUT2D eigenvalue weighted by molar-refractivity contribution is -0.479. The molecule has 0 spiro atoms. The van der Waals surface area contributed by atoms with E-state index < -0.39 is 5.25 Å². The SMILES string of the molecule is Cc1ccc(COc2ccc([C@@H](C[N+](=O)[O-])Sc3nnc(C)n3-c3ccc(Cl)cc3)cc2Br)cc1. The monoisotopic (exact) mass is 572 g/mol. The van der Waals surface area contributed by atoms with Gasteiger partial charge in [-0.25, -0.2) is 0 Å². The van der Waals surface area contributed by atoms with E-state index >= 15 is 0 Å². The van der Waals surface area contributed by atoms with Gasteiger partial charge in [-0.1, -0.05) is 59.3 Å². The minimum Gasteiger partial charge on any atom is -0.488 e. The molecule has 3 aromatic carbocycles. The van der Waals surface area contributed by atoms with Crippen molar-refractivity contribution >= 4 is 39.3 Å². The first-order valence-corrected chi connectivity index (χ1v) is 12.8. The van der Waals surface area contributed by atoms with Gasteiger partial charge in [-0.3, -0.25) is 14.7 Å². The number of nitro groups is 1. The van der Waals surface area contributed by atoms with Gasteiger partial charge in [-0.15, -0.1) is 10.2 Å². The summed E-state index contributed by atoms with van der Waals surface area (Å²) in [7, 11) is 0.